The molecule has 0 amide bonds. The Balaban J connectivity index is 3.35. The number of ketones is 1. The lowest BCUT2D eigenvalue weighted by molar-refractivity contribution is 0.0997. The zero-order valence-electron chi connectivity index (χ0n) is 7.64. The Morgan fingerprint density at radius 3 is 2.38 bits per heavy atom. The van der Waals surface area contributed by atoms with Crippen molar-refractivity contribution in [2.45, 2.75) is 20.3 Å². The van der Waals surface area contributed by atoms with E-state index in [-0.39, 0.29) is 11.3 Å². The van der Waals surface area contributed by atoms with Crippen LogP contribution in [0.4, 0.5) is 8.78 Å². The first-order chi connectivity index (χ1) is 5.95. The molecule has 3 nitrogen and oxygen atoms in total. The smallest absolute Gasteiger partial charge is 0.282 e. The van der Waals surface area contributed by atoms with Gasteiger partial charge in [0.1, 0.15) is 5.69 Å². The SMILES string of the molecule is CC(=O)c1c(C(F)F)nn(C)c1C. The van der Waals surface area contributed by atoms with Crippen LogP contribution in [-0.4, -0.2) is 15.6 Å². The van der Waals surface area contributed by atoms with Crippen LogP contribution in [0, 0.1) is 6.92 Å². The van der Waals surface area contributed by atoms with Gasteiger partial charge in [-0.25, -0.2) is 8.78 Å². The Kier molecular flexibility index (Phi) is 2.45. The summed E-state index contributed by atoms with van der Waals surface area (Å²) in [5.41, 5.74) is 0.0906. The number of carbonyl (C=O) groups excluding carboxylic acids is 1. The molecule has 0 unspecified atom stereocenters. The summed E-state index contributed by atoms with van der Waals surface area (Å²) in [6.07, 6.45) is -2.70. The predicted molar refractivity (Wildman–Crippen MR) is 42.9 cm³/mol. The summed E-state index contributed by atoms with van der Waals surface area (Å²) in [5.74, 6) is -0.374. The molecule has 0 radical (unpaired) electrons. The highest BCUT2D eigenvalue weighted by Gasteiger charge is 2.23. The lowest BCUT2D eigenvalue weighted by Gasteiger charge is -1.96. The number of hydrogen-bond donors (Lipinski definition) is 0. The van der Waals surface area contributed by atoms with E-state index in [9.17, 15) is 13.6 Å². The average molecular weight is 188 g/mol. The summed E-state index contributed by atoms with van der Waals surface area (Å²) in [6.45, 7) is 2.85. The molecule has 0 aliphatic heterocycles. The summed E-state index contributed by atoms with van der Waals surface area (Å²) in [4.78, 5) is 11.0. The highest BCUT2D eigenvalue weighted by atomic mass is 19.3. The monoisotopic (exact) mass is 188 g/mol. The number of aryl methyl sites for hydroxylation is 1. The van der Waals surface area contributed by atoms with Gasteiger partial charge in [0.15, 0.2) is 5.78 Å². The van der Waals surface area contributed by atoms with Crippen molar-refractivity contribution >= 4 is 5.78 Å². The molecule has 0 spiro atoms. The number of aromatic nitrogens is 2. The van der Waals surface area contributed by atoms with Gasteiger partial charge < -0.3 is 0 Å². The molecule has 72 valence electrons. The fraction of sp³-hybridized carbons (Fsp3) is 0.500. The van der Waals surface area contributed by atoms with Crippen LogP contribution in [0.1, 0.15) is 35.1 Å². The van der Waals surface area contributed by atoms with E-state index in [0.717, 1.165) is 0 Å². The molecule has 0 aliphatic carbocycles. The predicted octanol–water partition coefficient (Wildman–Crippen LogP) is 1.87. The van der Waals surface area contributed by atoms with E-state index in [1.807, 2.05) is 0 Å². The van der Waals surface area contributed by atoms with Crippen LogP contribution in [-0.2, 0) is 7.05 Å². The Bertz CT molecular complexity index is 344. The summed E-state index contributed by atoms with van der Waals surface area (Å²) in [7, 11) is 1.54. The van der Waals surface area contributed by atoms with Gasteiger partial charge in [0, 0.05) is 12.7 Å². The standard InChI is InChI=1S/C8H10F2N2O/c1-4-6(5(2)13)7(8(9)10)11-12(4)3/h8H,1-3H3. The summed E-state index contributed by atoms with van der Waals surface area (Å²) in [6, 6.07) is 0. The maximum Gasteiger partial charge on any atom is 0.282 e. The minimum Gasteiger partial charge on any atom is -0.294 e. The molecule has 0 saturated heterocycles. The number of carbonyl (C=O) groups is 1. The van der Waals surface area contributed by atoms with Crippen molar-refractivity contribution in [1.82, 2.24) is 9.78 Å². The van der Waals surface area contributed by atoms with Gasteiger partial charge >= 0.3 is 0 Å². The Morgan fingerprint density at radius 1 is 1.54 bits per heavy atom. The van der Waals surface area contributed by atoms with Gasteiger partial charge in [-0.3, -0.25) is 9.48 Å². The third kappa shape index (κ3) is 1.59. The van der Waals surface area contributed by atoms with Gasteiger partial charge in [-0.15, -0.1) is 0 Å². The van der Waals surface area contributed by atoms with Crippen LogP contribution >= 0.6 is 0 Å². The van der Waals surface area contributed by atoms with Gasteiger partial charge in [-0.2, -0.15) is 5.10 Å². The molecule has 0 aromatic carbocycles. The van der Waals surface area contributed by atoms with E-state index < -0.39 is 12.1 Å². The van der Waals surface area contributed by atoms with Crippen LogP contribution in [0.2, 0.25) is 0 Å². The molecular weight excluding hydrogens is 178 g/mol. The molecule has 1 rings (SSSR count). The molecule has 0 bridgehead atoms. The van der Waals surface area contributed by atoms with Crippen molar-refractivity contribution in [3.05, 3.63) is 17.0 Å². The van der Waals surface area contributed by atoms with Gasteiger partial charge in [-0.1, -0.05) is 0 Å². The van der Waals surface area contributed by atoms with Crippen molar-refractivity contribution < 1.29 is 13.6 Å². The second-order valence-corrected chi connectivity index (χ2v) is 2.83. The quantitative estimate of drug-likeness (QED) is 0.664. The van der Waals surface area contributed by atoms with Crippen molar-refractivity contribution in [1.29, 1.82) is 0 Å². The first-order valence-corrected chi connectivity index (χ1v) is 3.77. The lowest BCUT2D eigenvalue weighted by atomic mass is 10.1. The molecule has 1 heterocycles. The van der Waals surface area contributed by atoms with Crippen LogP contribution in [0.5, 0.6) is 0 Å². The van der Waals surface area contributed by atoms with E-state index in [2.05, 4.69) is 5.10 Å². The molecule has 0 atom stereocenters. The molecule has 13 heavy (non-hydrogen) atoms. The topological polar surface area (TPSA) is 34.9 Å². The summed E-state index contributed by atoms with van der Waals surface area (Å²) in [5, 5.41) is 3.58. The van der Waals surface area contributed by atoms with Crippen molar-refractivity contribution in [2.24, 2.45) is 7.05 Å². The Morgan fingerprint density at radius 2 is 2.08 bits per heavy atom. The molecule has 0 aliphatic rings. The second kappa shape index (κ2) is 3.24. The van der Waals surface area contributed by atoms with E-state index in [0.29, 0.717) is 5.69 Å². The lowest BCUT2D eigenvalue weighted by Crippen LogP contribution is -1.99. The third-order valence-electron chi connectivity index (χ3n) is 1.92. The number of Topliss-reactive ketones (excluding diaryl/α,β-unsaturated/α-hetero) is 1. The highest BCUT2D eigenvalue weighted by molar-refractivity contribution is 5.96. The fourth-order valence-electron chi connectivity index (χ4n) is 1.22. The maximum atomic E-state index is 12.4. The third-order valence-corrected chi connectivity index (χ3v) is 1.92. The first kappa shape index (κ1) is 9.83. The van der Waals surface area contributed by atoms with Gasteiger partial charge in [0.05, 0.1) is 5.56 Å². The number of rotatable bonds is 2. The maximum absolute atomic E-state index is 12.4. The Hall–Kier alpha value is -1.26. The number of nitrogens with zero attached hydrogens (tertiary/aromatic N) is 2. The van der Waals surface area contributed by atoms with E-state index in [1.54, 1.807) is 6.92 Å². The van der Waals surface area contributed by atoms with Crippen molar-refractivity contribution in [3.63, 3.8) is 0 Å². The minimum atomic E-state index is -2.70. The number of alkyl halides is 2. The van der Waals surface area contributed by atoms with E-state index in [4.69, 9.17) is 0 Å². The van der Waals surface area contributed by atoms with Crippen molar-refractivity contribution in [2.75, 3.05) is 0 Å². The molecular formula is C8H10F2N2O. The molecule has 5 heteroatoms. The average Bonchev–Trinajstić information content (AvgIpc) is 2.28. The fourth-order valence-corrected chi connectivity index (χ4v) is 1.22. The molecule has 1 aromatic rings. The summed E-state index contributed by atoms with van der Waals surface area (Å²) >= 11 is 0. The molecule has 0 fully saturated rings. The van der Waals surface area contributed by atoms with Crippen LogP contribution < -0.4 is 0 Å². The first-order valence-electron chi connectivity index (χ1n) is 3.77. The normalized spacial score (nSPS) is 10.9. The van der Waals surface area contributed by atoms with Gasteiger partial charge in [0.25, 0.3) is 6.43 Å². The Labute approximate surface area is 74.4 Å². The highest BCUT2D eigenvalue weighted by Crippen LogP contribution is 2.23. The molecule has 1 aromatic heterocycles. The van der Waals surface area contributed by atoms with Crippen LogP contribution in [0.25, 0.3) is 0 Å². The number of hydrogen-bond acceptors (Lipinski definition) is 2. The zero-order valence-corrected chi connectivity index (χ0v) is 7.64. The van der Waals surface area contributed by atoms with Crippen LogP contribution in [0.3, 0.4) is 0 Å². The minimum absolute atomic E-state index is 0.0394. The largest absolute Gasteiger partial charge is 0.294 e. The molecule has 0 saturated carbocycles. The summed E-state index contributed by atoms with van der Waals surface area (Å²) < 4.78 is 26.0. The number of halogens is 2. The second-order valence-electron chi connectivity index (χ2n) is 2.83. The van der Waals surface area contributed by atoms with Gasteiger partial charge in [0.2, 0.25) is 0 Å². The van der Waals surface area contributed by atoms with E-state index >= 15 is 0 Å². The molecule has 0 N–H and O–H groups in total. The van der Waals surface area contributed by atoms with E-state index in [1.165, 1.54) is 18.7 Å². The van der Waals surface area contributed by atoms with Crippen LogP contribution in [0.15, 0.2) is 0 Å². The van der Waals surface area contributed by atoms with Gasteiger partial charge in [-0.05, 0) is 13.8 Å². The van der Waals surface area contributed by atoms with Crippen molar-refractivity contribution in [3.8, 4) is 0 Å². The zero-order chi connectivity index (χ0) is 10.2.